The normalized spacial score (nSPS) is 12.6. The van der Waals surface area contributed by atoms with E-state index in [9.17, 15) is 9.90 Å². The summed E-state index contributed by atoms with van der Waals surface area (Å²) in [6.07, 6.45) is 0.927. The standard InChI is InChI=1S/C31H31BrO6/c1-5-37-30(31(33)34)19-23-13-14-28(27(32)18-23)38-29(24-9-7-6-8-10-24)15-21(2)11-12-22-16-25(35-3)20-26(17-22)36-4/h6-10,13-18,20,29-30H,5,19H2,1-4H3,(H,33,34). The highest BCUT2D eigenvalue weighted by Gasteiger charge is 2.19. The molecular formula is C31H31BrO6. The fourth-order valence-electron chi connectivity index (χ4n) is 3.70. The lowest BCUT2D eigenvalue weighted by Crippen LogP contribution is -2.26. The Bertz CT molecular complexity index is 1300. The number of carboxylic acid groups (broad SMARTS) is 1. The molecule has 3 aromatic rings. The molecule has 1 N–H and O–H groups in total. The van der Waals surface area contributed by atoms with Crippen LogP contribution in [0.15, 0.2) is 82.9 Å². The van der Waals surface area contributed by atoms with Gasteiger partial charge < -0.3 is 24.1 Å². The van der Waals surface area contributed by atoms with E-state index in [1.165, 1.54) is 0 Å². The van der Waals surface area contributed by atoms with Gasteiger partial charge in [-0.2, -0.15) is 0 Å². The maximum Gasteiger partial charge on any atom is 0.333 e. The lowest BCUT2D eigenvalue weighted by atomic mass is 10.1. The topological polar surface area (TPSA) is 74.2 Å². The van der Waals surface area contributed by atoms with Gasteiger partial charge in [-0.15, -0.1) is 0 Å². The molecule has 7 heteroatoms. The Kier molecular flexibility index (Phi) is 10.8. The first-order valence-electron chi connectivity index (χ1n) is 12.1. The molecule has 0 spiro atoms. The van der Waals surface area contributed by atoms with E-state index in [0.29, 0.717) is 23.9 Å². The molecule has 3 rings (SSSR count). The predicted molar refractivity (Wildman–Crippen MR) is 151 cm³/mol. The molecule has 38 heavy (non-hydrogen) atoms. The number of aliphatic carboxylic acids is 1. The van der Waals surface area contributed by atoms with Crippen molar-refractivity contribution in [2.45, 2.75) is 32.5 Å². The SMILES string of the molecule is CCOC(Cc1ccc(OC(C=C(C)C#Cc2cc(OC)cc(OC)c2)c2ccccc2)c(Br)c1)C(=O)O. The van der Waals surface area contributed by atoms with Crippen molar-refractivity contribution in [3.63, 3.8) is 0 Å². The monoisotopic (exact) mass is 578 g/mol. The minimum atomic E-state index is -0.985. The van der Waals surface area contributed by atoms with Gasteiger partial charge in [-0.25, -0.2) is 4.79 Å². The van der Waals surface area contributed by atoms with Crippen LogP contribution in [0.1, 0.15) is 36.6 Å². The number of allylic oxidation sites excluding steroid dienone is 1. The van der Waals surface area contributed by atoms with Crippen molar-refractivity contribution in [3.8, 4) is 29.1 Å². The van der Waals surface area contributed by atoms with Crippen molar-refractivity contribution in [2.75, 3.05) is 20.8 Å². The summed E-state index contributed by atoms with van der Waals surface area (Å²) in [6.45, 7) is 4.04. The van der Waals surface area contributed by atoms with Crippen molar-refractivity contribution in [1.29, 1.82) is 0 Å². The molecule has 0 heterocycles. The first kappa shape index (κ1) is 28.8. The predicted octanol–water partition coefficient (Wildman–Crippen LogP) is 6.62. The van der Waals surface area contributed by atoms with Crippen LogP contribution in [-0.2, 0) is 16.0 Å². The van der Waals surface area contributed by atoms with Crippen LogP contribution in [0.5, 0.6) is 17.2 Å². The Morgan fingerprint density at radius 3 is 2.29 bits per heavy atom. The second-order valence-electron chi connectivity index (χ2n) is 8.40. The van der Waals surface area contributed by atoms with Gasteiger partial charge in [-0.1, -0.05) is 48.2 Å². The number of ether oxygens (including phenoxy) is 4. The molecule has 2 unspecified atom stereocenters. The van der Waals surface area contributed by atoms with Crippen LogP contribution in [0.25, 0.3) is 0 Å². The molecule has 0 amide bonds. The van der Waals surface area contributed by atoms with Crippen molar-refractivity contribution in [2.24, 2.45) is 0 Å². The Morgan fingerprint density at radius 1 is 1.03 bits per heavy atom. The summed E-state index contributed by atoms with van der Waals surface area (Å²) in [7, 11) is 3.21. The highest BCUT2D eigenvalue weighted by molar-refractivity contribution is 9.10. The minimum Gasteiger partial charge on any atom is -0.497 e. The number of hydrogen-bond donors (Lipinski definition) is 1. The average molecular weight is 579 g/mol. The van der Waals surface area contributed by atoms with E-state index in [4.69, 9.17) is 18.9 Å². The van der Waals surface area contributed by atoms with E-state index < -0.39 is 18.2 Å². The second-order valence-corrected chi connectivity index (χ2v) is 9.26. The molecule has 0 fully saturated rings. The van der Waals surface area contributed by atoms with E-state index in [-0.39, 0.29) is 6.42 Å². The van der Waals surface area contributed by atoms with Crippen LogP contribution in [0.3, 0.4) is 0 Å². The van der Waals surface area contributed by atoms with E-state index in [1.807, 2.05) is 73.7 Å². The van der Waals surface area contributed by atoms with E-state index >= 15 is 0 Å². The third-order valence-corrected chi connectivity index (χ3v) is 6.22. The zero-order chi connectivity index (χ0) is 27.5. The summed E-state index contributed by atoms with van der Waals surface area (Å²) in [4.78, 5) is 11.5. The molecule has 0 aliphatic carbocycles. The molecule has 0 saturated carbocycles. The Balaban J connectivity index is 1.86. The molecular weight excluding hydrogens is 548 g/mol. The van der Waals surface area contributed by atoms with Gasteiger partial charge in [-0.05, 0) is 76.8 Å². The highest BCUT2D eigenvalue weighted by Crippen LogP contribution is 2.32. The van der Waals surface area contributed by atoms with Crippen LogP contribution in [0, 0.1) is 11.8 Å². The van der Waals surface area contributed by atoms with Gasteiger partial charge in [0, 0.05) is 24.7 Å². The summed E-state index contributed by atoms with van der Waals surface area (Å²) in [5, 5.41) is 9.40. The van der Waals surface area contributed by atoms with Crippen molar-refractivity contribution in [3.05, 3.63) is 99.5 Å². The molecule has 0 aliphatic rings. The van der Waals surface area contributed by atoms with Gasteiger partial charge in [0.1, 0.15) is 23.4 Å². The number of carboxylic acids is 1. The summed E-state index contributed by atoms with van der Waals surface area (Å²) >= 11 is 3.58. The zero-order valence-electron chi connectivity index (χ0n) is 21.9. The Labute approximate surface area is 232 Å². The fourth-order valence-corrected chi connectivity index (χ4v) is 4.22. The molecule has 3 aromatic carbocycles. The minimum absolute atomic E-state index is 0.258. The zero-order valence-corrected chi connectivity index (χ0v) is 23.4. The summed E-state index contributed by atoms with van der Waals surface area (Å²) in [5.74, 6) is 7.35. The quantitative estimate of drug-likeness (QED) is 0.258. The van der Waals surface area contributed by atoms with Crippen LogP contribution in [-0.4, -0.2) is 38.0 Å². The molecule has 0 radical (unpaired) electrons. The van der Waals surface area contributed by atoms with Crippen LogP contribution in [0.4, 0.5) is 0 Å². The van der Waals surface area contributed by atoms with E-state index in [0.717, 1.165) is 26.7 Å². The Hall–Kier alpha value is -3.73. The van der Waals surface area contributed by atoms with E-state index in [2.05, 4.69) is 27.8 Å². The summed E-state index contributed by atoms with van der Waals surface area (Å²) in [5.41, 5.74) is 3.40. The van der Waals surface area contributed by atoms with Gasteiger partial charge in [0.2, 0.25) is 0 Å². The van der Waals surface area contributed by atoms with Gasteiger partial charge in [0.15, 0.2) is 6.10 Å². The van der Waals surface area contributed by atoms with Crippen molar-refractivity contribution < 1.29 is 28.8 Å². The Morgan fingerprint density at radius 2 is 1.71 bits per heavy atom. The lowest BCUT2D eigenvalue weighted by molar-refractivity contribution is -0.149. The molecule has 0 bridgehead atoms. The van der Waals surface area contributed by atoms with Crippen molar-refractivity contribution in [1.82, 2.24) is 0 Å². The maximum atomic E-state index is 11.5. The first-order valence-corrected chi connectivity index (χ1v) is 12.9. The van der Waals surface area contributed by atoms with Gasteiger partial charge in [0.05, 0.1) is 18.7 Å². The number of halogens is 1. The summed E-state index contributed by atoms with van der Waals surface area (Å²) in [6, 6.07) is 20.9. The molecule has 0 aromatic heterocycles. The van der Waals surface area contributed by atoms with Crippen LogP contribution < -0.4 is 14.2 Å². The largest absolute Gasteiger partial charge is 0.497 e. The molecule has 0 aliphatic heterocycles. The number of methoxy groups -OCH3 is 2. The van der Waals surface area contributed by atoms with Crippen molar-refractivity contribution >= 4 is 21.9 Å². The third kappa shape index (κ3) is 8.41. The summed E-state index contributed by atoms with van der Waals surface area (Å²) < 4.78 is 23.1. The fraction of sp³-hybridized carbons (Fsp3) is 0.258. The maximum absolute atomic E-state index is 11.5. The average Bonchev–Trinajstić information content (AvgIpc) is 2.92. The van der Waals surface area contributed by atoms with Gasteiger partial charge >= 0.3 is 5.97 Å². The molecule has 198 valence electrons. The molecule has 0 saturated heterocycles. The van der Waals surface area contributed by atoms with Gasteiger partial charge in [-0.3, -0.25) is 0 Å². The number of carbonyl (C=O) groups is 1. The third-order valence-electron chi connectivity index (χ3n) is 5.60. The highest BCUT2D eigenvalue weighted by atomic mass is 79.9. The smallest absolute Gasteiger partial charge is 0.333 e. The van der Waals surface area contributed by atoms with Crippen LogP contribution in [0.2, 0.25) is 0 Å². The van der Waals surface area contributed by atoms with E-state index in [1.54, 1.807) is 27.2 Å². The number of rotatable bonds is 11. The van der Waals surface area contributed by atoms with Gasteiger partial charge in [0.25, 0.3) is 0 Å². The second kappa shape index (κ2) is 14.3. The lowest BCUT2D eigenvalue weighted by Gasteiger charge is -2.19. The molecule has 2 atom stereocenters. The number of hydrogen-bond acceptors (Lipinski definition) is 5. The number of benzene rings is 3. The van der Waals surface area contributed by atoms with Crippen LogP contribution >= 0.6 is 15.9 Å². The first-order chi connectivity index (χ1) is 18.3. The molecule has 6 nitrogen and oxygen atoms in total.